The summed E-state index contributed by atoms with van der Waals surface area (Å²) in [6.07, 6.45) is 1.76. The van der Waals surface area contributed by atoms with Gasteiger partial charge in [0, 0.05) is 17.4 Å². The van der Waals surface area contributed by atoms with Crippen LogP contribution in [-0.4, -0.2) is 32.4 Å². The van der Waals surface area contributed by atoms with Gasteiger partial charge in [-0.1, -0.05) is 34.1 Å². The Hall–Kier alpha value is -0.880. The number of carbonyl (C=O) groups excluding carboxylic acids is 1. The first kappa shape index (κ1) is 15.5. The largest absolute Gasteiger partial charge is 0.356 e. The summed E-state index contributed by atoms with van der Waals surface area (Å²) in [5.74, 6) is 0.514. The maximum atomic E-state index is 11.8. The van der Waals surface area contributed by atoms with E-state index in [1.807, 2.05) is 24.3 Å². The maximum absolute atomic E-state index is 11.8. The van der Waals surface area contributed by atoms with E-state index in [9.17, 15) is 13.2 Å². The summed E-state index contributed by atoms with van der Waals surface area (Å²) in [5.41, 5.74) is 1.10. The van der Waals surface area contributed by atoms with Gasteiger partial charge in [-0.25, -0.2) is 8.42 Å². The molecule has 1 saturated heterocycles. The van der Waals surface area contributed by atoms with Crippen molar-refractivity contribution in [2.24, 2.45) is 5.92 Å². The molecule has 0 aromatic heterocycles. The highest BCUT2D eigenvalue weighted by Gasteiger charge is 2.27. The van der Waals surface area contributed by atoms with Gasteiger partial charge in [0.2, 0.25) is 5.91 Å². The van der Waals surface area contributed by atoms with Crippen LogP contribution in [0.25, 0.3) is 0 Å². The molecule has 2 rings (SSSR count). The summed E-state index contributed by atoms with van der Waals surface area (Å²) < 4.78 is 23.6. The highest BCUT2D eigenvalue weighted by atomic mass is 79.9. The Balaban J connectivity index is 1.73. The Labute approximate surface area is 128 Å². The molecule has 1 aromatic carbocycles. The topological polar surface area (TPSA) is 63.2 Å². The molecule has 0 saturated carbocycles. The summed E-state index contributed by atoms with van der Waals surface area (Å²) in [6.45, 7) is 0.466. The van der Waals surface area contributed by atoms with E-state index in [0.717, 1.165) is 10.0 Å². The number of hydrogen-bond donors (Lipinski definition) is 1. The van der Waals surface area contributed by atoms with Crippen molar-refractivity contribution < 1.29 is 13.2 Å². The molecule has 1 aromatic rings. The number of hydrogen-bond acceptors (Lipinski definition) is 3. The van der Waals surface area contributed by atoms with Crippen LogP contribution in [0.15, 0.2) is 28.7 Å². The Bertz CT molecular complexity index is 586. The van der Waals surface area contributed by atoms with E-state index in [0.29, 0.717) is 25.8 Å². The minimum atomic E-state index is -2.86. The van der Waals surface area contributed by atoms with Gasteiger partial charge in [-0.3, -0.25) is 4.79 Å². The van der Waals surface area contributed by atoms with Crippen molar-refractivity contribution >= 4 is 31.7 Å². The number of halogens is 1. The van der Waals surface area contributed by atoms with Gasteiger partial charge in [-0.2, -0.15) is 0 Å². The molecule has 1 amide bonds. The Morgan fingerprint density at radius 1 is 1.35 bits per heavy atom. The number of carbonyl (C=O) groups is 1. The Morgan fingerprint density at radius 2 is 2.10 bits per heavy atom. The molecular weight excluding hydrogens is 342 g/mol. The van der Waals surface area contributed by atoms with E-state index in [2.05, 4.69) is 21.2 Å². The molecule has 0 bridgehead atoms. The van der Waals surface area contributed by atoms with Crippen LogP contribution in [0.1, 0.15) is 18.4 Å². The second-order valence-corrected chi connectivity index (χ2v) is 8.25. The van der Waals surface area contributed by atoms with E-state index in [4.69, 9.17) is 0 Å². The van der Waals surface area contributed by atoms with Crippen molar-refractivity contribution in [2.45, 2.75) is 19.3 Å². The maximum Gasteiger partial charge on any atom is 0.220 e. The Kier molecular flexibility index (Phi) is 5.21. The van der Waals surface area contributed by atoms with E-state index < -0.39 is 9.84 Å². The summed E-state index contributed by atoms with van der Waals surface area (Å²) in [6, 6.07) is 7.83. The van der Waals surface area contributed by atoms with Crippen LogP contribution in [0.5, 0.6) is 0 Å². The molecule has 1 unspecified atom stereocenters. The molecule has 4 nitrogen and oxygen atoms in total. The van der Waals surface area contributed by atoms with Gasteiger partial charge in [0.05, 0.1) is 11.5 Å². The first-order valence-electron chi connectivity index (χ1n) is 6.67. The fourth-order valence-corrected chi connectivity index (χ4v) is 4.67. The van der Waals surface area contributed by atoms with Crippen LogP contribution in [-0.2, 0) is 21.1 Å². The molecule has 1 aliphatic heterocycles. The van der Waals surface area contributed by atoms with E-state index in [1.165, 1.54) is 0 Å². The highest BCUT2D eigenvalue weighted by Crippen LogP contribution is 2.18. The molecule has 1 fully saturated rings. The molecule has 0 radical (unpaired) electrons. The normalized spacial score (nSPS) is 20.8. The average molecular weight is 360 g/mol. The zero-order valence-electron chi connectivity index (χ0n) is 11.1. The molecule has 0 aliphatic carbocycles. The molecular formula is C14H18BrNO3S. The van der Waals surface area contributed by atoms with Gasteiger partial charge in [-0.15, -0.1) is 0 Å². The quantitative estimate of drug-likeness (QED) is 0.873. The molecule has 0 spiro atoms. The number of aryl methyl sites for hydroxylation is 1. The predicted molar refractivity (Wildman–Crippen MR) is 82.2 cm³/mol. The van der Waals surface area contributed by atoms with Crippen LogP contribution in [0.3, 0.4) is 0 Å². The zero-order valence-corrected chi connectivity index (χ0v) is 13.5. The predicted octanol–water partition coefficient (Wildman–Crippen LogP) is 1.93. The summed E-state index contributed by atoms with van der Waals surface area (Å²) in [5, 5.41) is 2.83. The van der Waals surface area contributed by atoms with Crippen LogP contribution in [0.2, 0.25) is 0 Å². The van der Waals surface area contributed by atoms with E-state index in [1.54, 1.807) is 0 Å². The van der Waals surface area contributed by atoms with Crippen molar-refractivity contribution in [3.05, 3.63) is 34.3 Å². The van der Waals surface area contributed by atoms with Gasteiger partial charge < -0.3 is 5.32 Å². The lowest BCUT2D eigenvalue weighted by Gasteiger charge is -2.10. The molecule has 1 atom stereocenters. The van der Waals surface area contributed by atoms with Gasteiger partial charge >= 0.3 is 0 Å². The van der Waals surface area contributed by atoms with Crippen LogP contribution < -0.4 is 5.32 Å². The van der Waals surface area contributed by atoms with Crippen molar-refractivity contribution in [3.63, 3.8) is 0 Å². The molecule has 6 heteroatoms. The average Bonchev–Trinajstić information content (AvgIpc) is 2.75. The zero-order chi connectivity index (χ0) is 14.6. The van der Waals surface area contributed by atoms with Gasteiger partial charge in [-0.05, 0) is 30.4 Å². The molecule has 1 aliphatic rings. The standard InChI is InChI=1S/C14H18BrNO3S/c15-13-4-2-1-3-12(13)5-6-14(17)16-9-11-7-8-20(18,19)10-11/h1-4,11H,5-10H2,(H,16,17). The number of rotatable bonds is 5. The highest BCUT2D eigenvalue weighted by molar-refractivity contribution is 9.10. The number of amides is 1. The van der Waals surface area contributed by atoms with Crippen molar-refractivity contribution in [3.8, 4) is 0 Å². The lowest BCUT2D eigenvalue weighted by molar-refractivity contribution is -0.121. The molecule has 20 heavy (non-hydrogen) atoms. The second kappa shape index (κ2) is 6.72. The molecule has 1 heterocycles. The summed E-state index contributed by atoms with van der Waals surface area (Å²) >= 11 is 3.45. The lowest BCUT2D eigenvalue weighted by atomic mass is 10.1. The second-order valence-electron chi connectivity index (χ2n) is 5.16. The van der Waals surface area contributed by atoms with E-state index >= 15 is 0 Å². The monoisotopic (exact) mass is 359 g/mol. The fraction of sp³-hybridized carbons (Fsp3) is 0.500. The molecule has 110 valence electrons. The first-order valence-corrected chi connectivity index (χ1v) is 9.28. The van der Waals surface area contributed by atoms with Gasteiger partial charge in [0.1, 0.15) is 0 Å². The summed E-state index contributed by atoms with van der Waals surface area (Å²) in [7, 11) is -2.86. The minimum Gasteiger partial charge on any atom is -0.356 e. The van der Waals surface area contributed by atoms with Gasteiger partial charge in [0.25, 0.3) is 0 Å². The van der Waals surface area contributed by atoms with E-state index in [-0.39, 0.29) is 23.3 Å². The molecule has 1 N–H and O–H groups in total. The SMILES string of the molecule is O=C(CCc1ccccc1Br)NCC1CCS(=O)(=O)C1. The lowest BCUT2D eigenvalue weighted by Crippen LogP contribution is -2.29. The summed E-state index contributed by atoms with van der Waals surface area (Å²) in [4.78, 5) is 11.8. The van der Waals surface area contributed by atoms with Gasteiger partial charge in [0.15, 0.2) is 9.84 Å². The van der Waals surface area contributed by atoms with Crippen molar-refractivity contribution in [1.29, 1.82) is 0 Å². The van der Waals surface area contributed by atoms with Crippen LogP contribution in [0.4, 0.5) is 0 Å². The Morgan fingerprint density at radius 3 is 2.75 bits per heavy atom. The van der Waals surface area contributed by atoms with Crippen LogP contribution >= 0.6 is 15.9 Å². The number of nitrogens with one attached hydrogen (secondary N) is 1. The third kappa shape index (κ3) is 4.59. The van der Waals surface area contributed by atoms with Crippen molar-refractivity contribution in [1.82, 2.24) is 5.32 Å². The number of benzene rings is 1. The van der Waals surface area contributed by atoms with Crippen molar-refractivity contribution in [2.75, 3.05) is 18.1 Å². The first-order chi connectivity index (χ1) is 9.46. The van der Waals surface area contributed by atoms with Crippen LogP contribution in [0, 0.1) is 5.92 Å². The smallest absolute Gasteiger partial charge is 0.220 e. The number of sulfone groups is 1. The third-order valence-electron chi connectivity index (χ3n) is 3.49. The third-order valence-corrected chi connectivity index (χ3v) is 6.10. The minimum absolute atomic E-state index is 0.0231. The fourth-order valence-electron chi connectivity index (χ4n) is 2.33.